The Bertz CT molecular complexity index is 422. The third-order valence-corrected chi connectivity index (χ3v) is 6.52. The lowest BCUT2D eigenvalue weighted by Gasteiger charge is -2.33. The van der Waals surface area contributed by atoms with Gasteiger partial charge in [-0.2, -0.15) is 11.8 Å². The predicted octanol–water partition coefficient (Wildman–Crippen LogP) is 3.18. The Kier molecular flexibility index (Phi) is 5.25. The van der Waals surface area contributed by atoms with Crippen LogP contribution in [0.4, 0.5) is 0 Å². The summed E-state index contributed by atoms with van der Waals surface area (Å²) in [6.45, 7) is 4.96. The van der Waals surface area contributed by atoms with Crippen LogP contribution in [-0.4, -0.2) is 48.1 Å². The van der Waals surface area contributed by atoms with Crippen LogP contribution in [0.3, 0.4) is 0 Å². The maximum absolute atomic E-state index is 3.82. The van der Waals surface area contributed by atoms with Gasteiger partial charge >= 0.3 is 0 Å². The molecule has 3 rings (SSSR count). The molecule has 0 amide bonds. The van der Waals surface area contributed by atoms with E-state index in [0.29, 0.717) is 4.75 Å². The van der Waals surface area contributed by atoms with Crippen LogP contribution in [0, 0.1) is 0 Å². The molecule has 1 aromatic carbocycles. The van der Waals surface area contributed by atoms with Gasteiger partial charge < -0.3 is 10.2 Å². The van der Waals surface area contributed by atoms with E-state index in [4.69, 9.17) is 0 Å². The second kappa shape index (κ2) is 7.17. The summed E-state index contributed by atoms with van der Waals surface area (Å²) in [5.41, 5.74) is 1.47. The lowest BCUT2D eigenvalue weighted by molar-refractivity contribution is 0.200. The second-order valence-electron chi connectivity index (χ2n) is 6.62. The molecule has 0 radical (unpaired) electrons. The number of piperidine rings is 1. The van der Waals surface area contributed by atoms with Gasteiger partial charge in [0.1, 0.15) is 0 Å². The molecule has 1 aliphatic heterocycles. The fraction of sp³-hybridized carbons (Fsp3) is 0.667. The first-order valence-corrected chi connectivity index (χ1v) is 9.57. The summed E-state index contributed by atoms with van der Waals surface area (Å²) in [5.74, 6) is 0. The van der Waals surface area contributed by atoms with Crippen LogP contribution >= 0.6 is 11.8 Å². The van der Waals surface area contributed by atoms with Crippen molar-refractivity contribution in [1.29, 1.82) is 0 Å². The monoisotopic (exact) mass is 304 g/mol. The van der Waals surface area contributed by atoms with Gasteiger partial charge in [0.05, 0.1) is 0 Å². The first-order valence-electron chi connectivity index (χ1n) is 8.34. The van der Waals surface area contributed by atoms with E-state index in [9.17, 15) is 0 Å². The van der Waals surface area contributed by atoms with E-state index in [-0.39, 0.29) is 0 Å². The second-order valence-corrected chi connectivity index (χ2v) is 7.89. The zero-order chi connectivity index (χ0) is 14.5. The molecule has 0 atom stereocenters. The van der Waals surface area contributed by atoms with Crippen molar-refractivity contribution >= 4 is 11.8 Å². The molecule has 1 saturated heterocycles. The number of thioether (sulfide) groups is 1. The molecule has 1 saturated carbocycles. The van der Waals surface area contributed by atoms with Crippen molar-refractivity contribution in [3.8, 4) is 0 Å². The molecular weight excluding hydrogens is 276 g/mol. The normalized spacial score (nSPS) is 22.3. The first-order chi connectivity index (χ1) is 10.3. The average molecular weight is 305 g/mol. The highest BCUT2D eigenvalue weighted by molar-refractivity contribution is 8.00. The van der Waals surface area contributed by atoms with Gasteiger partial charge in [-0.25, -0.2) is 0 Å². The summed E-state index contributed by atoms with van der Waals surface area (Å²) in [5, 5.41) is 3.82. The summed E-state index contributed by atoms with van der Waals surface area (Å²) in [6.07, 6.45) is 8.92. The van der Waals surface area contributed by atoms with Crippen LogP contribution < -0.4 is 5.32 Å². The summed E-state index contributed by atoms with van der Waals surface area (Å²) in [7, 11) is 0. The van der Waals surface area contributed by atoms with Gasteiger partial charge in [-0.15, -0.1) is 0 Å². The highest BCUT2D eigenvalue weighted by atomic mass is 32.2. The highest BCUT2D eigenvalue weighted by Gasteiger charge is 2.41. The van der Waals surface area contributed by atoms with Crippen molar-refractivity contribution in [3.63, 3.8) is 0 Å². The van der Waals surface area contributed by atoms with Gasteiger partial charge in [0.15, 0.2) is 0 Å². The van der Waals surface area contributed by atoms with E-state index in [2.05, 4.69) is 58.6 Å². The third kappa shape index (κ3) is 4.48. The molecule has 2 aliphatic rings. The SMILES string of the molecule is CSC1(CNC2CCN(CCc3ccccc3)CC2)CC1. The van der Waals surface area contributed by atoms with E-state index < -0.39 is 0 Å². The van der Waals surface area contributed by atoms with E-state index in [0.717, 1.165) is 6.04 Å². The van der Waals surface area contributed by atoms with Gasteiger partial charge in [-0.05, 0) is 57.0 Å². The minimum atomic E-state index is 0.602. The molecule has 1 aromatic rings. The molecule has 0 bridgehead atoms. The van der Waals surface area contributed by atoms with Crippen molar-refractivity contribution in [2.45, 2.75) is 42.9 Å². The first kappa shape index (κ1) is 15.4. The number of likely N-dealkylation sites (tertiary alicyclic amines) is 1. The average Bonchev–Trinajstić information content (AvgIpc) is 3.34. The van der Waals surface area contributed by atoms with Crippen molar-refractivity contribution in [3.05, 3.63) is 35.9 Å². The lowest BCUT2D eigenvalue weighted by atomic mass is 10.0. The number of benzene rings is 1. The molecule has 1 N–H and O–H groups in total. The molecule has 3 heteroatoms. The third-order valence-electron chi connectivity index (χ3n) is 5.10. The largest absolute Gasteiger partial charge is 0.313 e. The van der Waals surface area contributed by atoms with Crippen molar-refractivity contribution in [1.82, 2.24) is 10.2 Å². The summed E-state index contributed by atoms with van der Waals surface area (Å²) in [4.78, 5) is 2.63. The minimum Gasteiger partial charge on any atom is -0.313 e. The van der Waals surface area contributed by atoms with Crippen molar-refractivity contribution in [2.24, 2.45) is 0 Å². The highest BCUT2D eigenvalue weighted by Crippen LogP contribution is 2.46. The Morgan fingerprint density at radius 2 is 1.90 bits per heavy atom. The number of hydrogen-bond acceptors (Lipinski definition) is 3. The van der Waals surface area contributed by atoms with Gasteiger partial charge in [0.2, 0.25) is 0 Å². The Balaban J connectivity index is 1.33. The van der Waals surface area contributed by atoms with E-state index in [1.165, 1.54) is 63.8 Å². The number of rotatable bonds is 7. The zero-order valence-corrected chi connectivity index (χ0v) is 14.0. The number of nitrogens with one attached hydrogen (secondary N) is 1. The van der Waals surface area contributed by atoms with Gasteiger partial charge in [-0.3, -0.25) is 0 Å². The number of nitrogens with zero attached hydrogens (tertiary/aromatic N) is 1. The molecule has 0 unspecified atom stereocenters. The van der Waals surface area contributed by atoms with Crippen molar-refractivity contribution < 1.29 is 0 Å². The molecule has 21 heavy (non-hydrogen) atoms. The van der Waals surface area contributed by atoms with Gasteiger partial charge in [0.25, 0.3) is 0 Å². The molecule has 2 fully saturated rings. The van der Waals surface area contributed by atoms with Crippen LogP contribution in [0.25, 0.3) is 0 Å². The Labute approximate surface area is 133 Å². The maximum atomic E-state index is 3.82. The van der Waals surface area contributed by atoms with Crippen LogP contribution in [0.1, 0.15) is 31.2 Å². The zero-order valence-electron chi connectivity index (χ0n) is 13.2. The molecule has 0 spiro atoms. The minimum absolute atomic E-state index is 0.602. The van der Waals surface area contributed by atoms with Crippen LogP contribution in [0.5, 0.6) is 0 Å². The molecular formula is C18H28N2S. The smallest absolute Gasteiger partial charge is 0.0282 e. The maximum Gasteiger partial charge on any atom is 0.0282 e. The fourth-order valence-electron chi connectivity index (χ4n) is 3.22. The Morgan fingerprint density at radius 3 is 2.52 bits per heavy atom. The Hall–Kier alpha value is -0.510. The Morgan fingerprint density at radius 1 is 1.19 bits per heavy atom. The quantitative estimate of drug-likeness (QED) is 0.833. The van der Waals surface area contributed by atoms with Crippen LogP contribution in [0.15, 0.2) is 30.3 Å². The molecule has 0 aromatic heterocycles. The van der Waals surface area contributed by atoms with E-state index in [1.807, 2.05) is 0 Å². The lowest BCUT2D eigenvalue weighted by Crippen LogP contribution is -2.45. The molecule has 1 aliphatic carbocycles. The molecule has 1 heterocycles. The van der Waals surface area contributed by atoms with Gasteiger partial charge in [0, 0.05) is 23.9 Å². The summed E-state index contributed by atoms with van der Waals surface area (Å²) < 4.78 is 0.602. The van der Waals surface area contributed by atoms with E-state index >= 15 is 0 Å². The summed E-state index contributed by atoms with van der Waals surface area (Å²) in [6, 6.07) is 11.6. The summed E-state index contributed by atoms with van der Waals surface area (Å²) >= 11 is 2.06. The molecule has 2 nitrogen and oxygen atoms in total. The topological polar surface area (TPSA) is 15.3 Å². The van der Waals surface area contributed by atoms with Crippen LogP contribution in [0.2, 0.25) is 0 Å². The predicted molar refractivity (Wildman–Crippen MR) is 93.1 cm³/mol. The standard InChI is InChI=1S/C18H28N2S/c1-21-18(10-11-18)15-19-17-8-13-20(14-9-17)12-7-16-5-3-2-4-6-16/h2-6,17,19H,7-15H2,1H3. The van der Waals surface area contributed by atoms with Crippen molar-refractivity contribution in [2.75, 3.05) is 32.4 Å². The van der Waals surface area contributed by atoms with Gasteiger partial charge in [-0.1, -0.05) is 30.3 Å². The molecule has 116 valence electrons. The number of hydrogen-bond donors (Lipinski definition) is 1. The fourth-order valence-corrected chi connectivity index (χ4v) is 3.95. The van der Waals surface area contributed by atoms with Crippen LogP contribution in [-0.2, 0) is 6.42 Å². The van der Waals surface area contributed by atoms with E-state index in [1.54, 1.807) is 0 Å².